The van der Waals surface area contributed by atoms with Gasteiger partial charge in [0.15, 0.2) is 0 Å². The summed E-state index contributed by atoms with van der Waals surface area (Å²) < 4.78 is 5.06. The van der Waals surface area contributed by atoms with E-state index in [9.17, 15) is 4.79 Å². The standard InChI is InChI=1S/C14H15N3O2/c15-11-4-3-6-13(10-11)17-14(18)19-9-7-12-5-1-2-8-16-12/h1-6,8,10H,7,9,15H2,(H,17,18). The van der Waals surface area contributed by atoms with Gasteiger partial charge in [0.1, 0.15) is 0 Å². The molecule has 1 amide bonds. The Morgan fingerprint density at radius 3 is 2.89 bits per heavy atom. The Hall–Kier alpha value is -2.56. The minimum Gasteiger partial charge on any atom is -0.449 e. The van der Waals surface area contributed by atoms with Crippen LogP contribution in [0.25, 0.3) is 0 Å². The lowest BCUT2D eigenvalue weighted by atomic mass is 10.3. The highest BCUT2D eigenvalue weighted by atomic mass is 16.5. The molecule has 1 aromatic heterocycles. The van der Waals surface area contributed by atoms with Gasteiger partial charge in [0.2, 0.25) is 0 Å². The molecule has 0 unspecified atom stereocenters. The van der Waals surface area contributed by atoms with Crippen molar-refractivity contribution in [2.24, 2.45) is 0 Å². The maximum atomic E-state index is 11.5. The second kappa shape index (κ2) is 6.39. The molecule has 0 saturated carbocycles. The maximum Gasteiger partial charge on any atom is 0.411 e. The zero-order chi connectivity index (χ0) is 13.5. The van der Waals surface area contributed by atoms with Crippen LogP contribution in [0.2, 0.25) is 0 Å². The lowest BCUT2D eigenvalue weighted by molar-refractivity contribution is 0.162. The zero-order valence-corrected chi connectivity index (χ0v) is 10.4. The van der Waals surface area contributed by atoms with Gasteiger partial charge in [-0.25, -0.2) is 4.79 Å². The molecule has 19 heavy (non-hydrogen) atoms. The molecule has 1 heterocycles. The summed E-state index contributed by atoms with van der Waals surface area (Å²) in [4.78, 5) is 15.7. The number of pyridine rings is 1. The highest BCUT2D eigenvalue weighted by Gasteiger charge is 2.03. The number of hydrogen-bond acceptors (Lipinski definition) is 4. The van der Waals surface area contributed by atoms with Gasteiger partial charge >= 0.3 is 6.09 Å². The molecule has 0 spiro atoms. The van der Waals surface area contributed by atoms with Gasteiger partial charge in [0.25, 0.3) is 0 Å². The second-order valence-corrected chi connectivity index (χ2v) is 3.96. The molecule has 0 aliphatic rings. The first kappa shape index (κ1) is 12.9. The highest BCUT2D eigenvalue weighted by molar-refractivity contribution is 5.85. The van der Waals surface area contributed by atoms with E-state index in [0.717, 1.165) is 5.69 Å². The summed E-state index contributed by atoms with van der Waals surface area (Å²) >= 11 is 0. The van der Waals surface area contributed by atoms with Crippen molar-refractivity contribution in [3.05, 3.63) is 54.4 Å². The number of ether oxygens (including phenoxy) is 1. The molecule has 0 aliphatic heterocycles. The van der Waals surface area contributed by atoms with Gasteiger partial charge in [0, 0.05) is 29.7 Å². The van der Waals surface area contributed by atoms with Crippen molar-refractivity contribution >= 4 is 17.5 Å². The van der Waals surface area contributed by atoms with Gasteiger partial charge < -0.3 is 10.5 Å². The van der Waals surface area contributed by atoms with Crippen molar-refractivity contribution in [2.75, 3.05) is 17.7 Å². The van der Waals surface area contributed by atoms with Crippen LogP contribution < -0.4 is 11.1 Å². The average molecular weight is 257 g/mol. The first-order valence-electron chi connectivity index (χ1n) is 5.93. The fourth-order valence-electron chi connectivity index (χ4n) is 1.56. The summed E-state index contributed by atoms with van der Waals surface area (Å²) in [5.41, 5.74) is 7.70. The third-order valence-electron chi connectivity index (χ3n) is 2.45. The molecule has 0 bridgehead atoms. The summed E-state index contributed by atoms with van der Waals surface area (Å²) in [6.07, 6.45) is 1.80. The Morgan fingerprint density at radius 1 is 1.26 bits per heavy atom. The number of amides is 1. The molecule has 0 radical (unpaired) electrons. The van der Waals surface area contributed by atoms with E-state index in [0.29, 0.717) is 17.8 Å². The number of nitrogens with zero attached hydrogens (tertiary/aromatic N) is 1. The molecule has 98 valence electrons. The minimum absolute atomic E-state index is 0.283. The summed E-state index contributed by atoms with van der Waals surface area (Å²) in [5.74, 6) is 0. The molecule has 5 nitrogen and oxygen atoms in total. The van der Waals surface area contributed by atoms with E-state index in [1.54, 1.807) is 30.5 Å². The lowest BCUT2D eigenvalue weighted by Gasteiger charge is -2.07. The van der Waals surface area contributed by atoms with E-state index in [1.165, 1.54) is 0 Å². The van der Waals surface area contributed by atoms with Crippen molar-refractivity contribution in [1.82, 2.24) is 4.98 Å². The van der Waals surface area contributed by atoms with Crippen LogP contribution in [0.4, 0.5) is 16.2 Å². The van der Waals surface area contributed by atoms with E-state index in [1.807, 2.05) is 18.2 Å². The minimum atomic E-state index is -0.499. The number of aromatic nitrogens is 1. The molecule has 2 aromatic rings. The highest BCUT2D eigenvalue weighted by Crippen LogP contribution is 2.11. The Kier molecular flexibility index (Phi) is 4.34. The van der Waals surface area contributed by atoms with Crippen LogP contribution >= 0.6 is 0 Å². The van der Waals surface area contributed by atoms with Crippen LogP contribution in [0.1, 0.15) is 5.69 Å². The number of anilines is 2. The van der Waals surface area contributed by atoms with Crippen molar-refractivity contribution < 1.29 is 9.53 Å². The number of nitrogens with two attached hydrogens (primary N) is 1. The molecule has 0 aliphatic carbocycles. The maximum absolute atomic E-state index is 11.5. The Balaban J connectivity index is 1.76. The Labute approximate surface area is 111 Å². The fourth-order valence-corrected chi connectivity index (χ4v) is 1.56. The molecular formula is C14H15N3O2. The molecule has 2 rings (SSSR count). The summed E-state index contributed by atoms with van der Waals surface area (Å²) in [5, 5.41) is 2.61. The van der Waals surface area contributed by atoms with E-state index in [2.05, 4.69) is 10.3 Å². The molecule has 3 N–H and O–H groups in total. The first-order valence-corrected chi connectivity index (χ1v) is 5.93. The van der Waals surface area contributed by atoms with Crippen LogP contribution in [0.15, 0.2) is 48.7 Å². The van der Waals surface area contributed by atoms with E-state index >= 15 is 0 Å². The SMILES string of the molecule is Nc1cccc(NC(=O)OCCc2ccccn2)c1. The van der Waals surface area contributed by atoms with Crippen LogP contribution in [-0.4, -0.2) is 17.7 Å². The third kappa shape index (κ3) is 4.31. The smallest absolute Gasteiger partial charge is 0.411 e. The number of rotatable bonds is 4. The first-order chi connectivity index (χ1) is 9.24. The van der Waals surface area contributed by atoms with Crippen molar-refractivity contribution in [3.8, 4) is 0 Å². The van der Waals surface area contributed by atoms with E-state index in [-0.39, 0.29) is 6.61 Å². The molecule has 0 atom stereocenters. The van der Waals surface area contributed by atoms with Crippen LogP contribution in [0.3, 0.4) is 0 Å². The number of carbonyl (C=O) groups is 1. The second-order valence-electron chi connectivity index (χ2n) is 3.96. The monoisotopic (exact) mass is 257 g/mol. The topological polar surface area (TPSA) is 77.2 Å². The van der Waals surface area contributed by atoms with Gasteiger partial charge in [-0.2, -0.15) is 0 Å². The van der Waals surface area contributed by atoms with Gasteiger partial charge in [-0.05, 0) is 30.3 Å². The lowest BCUT2D eigenvalue weighted by Crippen LogP contribution is -2.15. The number of carbonyl (C=O) groups excluding carboxylic acids is 1. The van der Waals surface area contributed by atoms with Gasteiger partial charge in [-0.1, -0.05) is 12.1 Å². The predicted molar refractivity (Wildman–Crippen MR) is 73.8 cm³/mol. The largest absolute Gasteiger partial charge is 0.449 e. The van der Waals surface area contributed by atoms with Gasteiger partial charge in [-0.3, -0.25) is 10.3 Å². The molecular weight excluding hydrogens is 242 g/mol. The summed E-state index contributed by atoms with van der Waals surface area (Å²) in [7, 11) is 0. The van der Waals surface area contributed by atoms with Crippen molar-refractivity contribution in [2.45, 2.75) is 6.42 Å². The molecule has 0 saturated heterocycles. The van der Waals surface area contributed by atoms with Gasteiger partial charge in [-0.15, -0.1) is 0 Å². The van der Waals surface area contributed by atoms with Crippen LogP contribution in [0.5, 0.6) is 0 Å². The third-order valence-corrected chi connectivity index (χ3v) is 2.45. The molecule has 5 heteroatoms. The van der Waals surface area contributed by atoms with E-state index < -0.39 is 6.09 Å². The van der Waals surface area contributed by atoms with Crippen molar-refractivity contribution in [1.29, 1.82) is 0 Å². The van der Waals surface area contributed by atoms with Gasteiger partial charge in [0.05, 0.1) is 6.61 Å². The molecule has 0 fully saturated rings. The van der Waals surface area contributed by atoms with Crippen molar-refractivity contribution in [3.63, 3.8) is 0 Å². The summed E-state index contributed by atoms with van der Waals surface area (Å²) in [6.45, 7) is 0.283. The Morgan fingerprint density at radius 2 is 2.16 bits per heavy atom. The normalized spacial score (nSPS) is 9.89. The number of benzene rings is 1. The zero-order valence-electron chi connectivity index (χ0n) is 10.4. The number of hydrogen-bond donors (Lipinski definition) is 2. The predicted octanol–water partition coefficient (Wildman–Crippen LogP) is 2.46. The van der Waals surface area contributed by atoms with E-state index in [4.69, 9.17) is 10.5 Å². The fraction of sp³-hybridized carbons (Fsp3) is 0.143. The summed E-state index contributed by atoms with van der Waals surface area (Å²) in [6, 6.07) is 12.6. The molecule has 1 aromatic carbocycles. The number of nitrogens with one attached hydrogen (secondary N) is 1. The van der Waals surface area contributed by atoms with Crippen LogP contribution in [0, 0.1) is 0 Å². The quantitative estimate of drug-likeness (QED) is 0.825. The average Bonchev–Trinajstić information content (AvgIpc) is 2.40. The van der Waals surface area contributed by atoms with Crippen LogP contribution in [-0.2, 0) is 11.2 Å². The Bertz CT molecular complexity index is 543. The number of nitrogen functional groups attached to an aromatic ring is 1.